The van der Waals surface area contributed by atoms with Crippen molar-refractivity contribution >= 4 is 5.57 Å². The number of aryl methyl sites for hydroxylation is 3. The molecule has 1 unspecified atom stereocenters. The standard InChI is InChI=1S/C43H54N2O2/c1-12-27(3)25-43(9,10)35-14-15-41(47-42-29(5)20-28(4)21-30(42)6)38(24-35)39-26-45(11)32(8)36-22-34(23-37(36)39)40(13-2)44-31(7)33-16-18-46-19-17-33/h13-15,20-22,24,26,31,33,44H,1,8,16-19,23,25H2,2-7,9-11H3/b40-13-. The number of nitrogens with one attached hydrogen (secondary N) is 1. The van der Waals surface area contributed by atoms with Crippen molar-refractivity contribution in [1.29, 1.82) is 0 Å². The van der Waals surface area contributed by atoms with Gasteiger partial charge in [0.25, 0.3) is 0 Å². The normalized spacial score (nSPS) is 18.0. The van der Waals surface area contributed by atoms with E-state index in [1.165, 1.54) is 39.1 Å². The van der Waals surface area contributed by atoms with Crippen molar-refractivity contribution in [2.45, 2.75) is 92.5 Å². The monoisotopic (exact) mass is 630 g/mol. The number of likely N-dealkylation sites (N-methyl/N-ethyl adjacent to an activating group) is 1. The van der Waals surface area contributed by atoms with Gasteiger partial charge in [-0.25, -0.2) is 0 Å². The molecule has 0 aromatic heterocycles. The molecule has 4 heteroatoms. The number of hydrogen-bond donors (Lipinski definition) is 1. The van der Waals surface area contributed by atoms with E-state index in [2.05, 4.69) is 140 Å². The van der Waals surface area contributed by atoms with Crippen molar-refractivity contribution in [3.63, 3.8) is 0 Å². The Bertz CT molecular complexity index is 1710. The maximum Gasteiger partial charge on any atom is 0.135 e. The molecule has 4 nitrogen and oxygen atoms in total. The first-order valence-corrected chi connectivity index (χ1v) is 17.2. The van der Waals surface area contributed by atoms with Crippen molar-refractivity contribution in [3.8, 4) is 11.5 Å². The summed E-state index contributed by atoms with van der Waals surface area (Å²) in [4.78, 5) is 2.16. The molecular formula is C43H54N2O2. The molecule has 2 aromatic rings. The Morgan fingerprint density at radius 1 is 1.15 bits per heavy atom. The van der Waals surface area contributed by atoms with Gasteiger partial charge in [0.1, 0.15) is 11.5 Å². The van der Waals surface area contributed by atoms with Crippen LogP contribution >= 0.6 is 0 Å². The molecule has 1 aliphatic carbocycles. The summed E-state index contributed by atoms with van der Waals surface area (Å²) in [5, 5.41) is 3.89. The van der Waals surface area contributed by atoms with Crippen molar-refractivity contribution in [2.75, 3.05) is 20.3 Å². The number of rotatable bonds is 10. The first-order valence-electron chi connectivity index (χ1n) is 17.2. The molecule has 1 fully saturated rings. The molecule has 1 N–H and O–H groups in total. The average molecular weight is 631 g/mol. The lowest BCUT2D eigenvalue weighted by Crippen LogP contribution is -2.36. The SMILES string of the molecule is C=C=C(C)CC(C)(C)c1ccc(Oc2c(C)cc(C)cc2C)c(C2=CN(C)C(=C)C3=C2CC(/C(=C/C)NC(C)C2CCOCC2)=C3)c1. The topological polar surface area (TPSA) is 33.7 Å². The smallest absolute Gasteiger partial charge is 0.135 e. The van der Waals surface area contributed by atoms with Crippen LogP contribution in [0.3, 0.4) is 0 Å². The molecule has 1 atom stereocenters. The lowest BCUT2D eigenvalue weighted by molar-refractivity contribution is 0.0572. The van der Waals surface area contributed by atoms with Crippen LogP contribution < -0.4 is 10.1 Å². The van der Waals surface area contributed by atoms with Gasteiger partial charge >= 0.3 is 0 Å². The van der Waals surface area contributed by atoms with Crippen LogP contribution in [0.5, 0.6) is 11.5 Å². The predicted octanol–water partition coefficient (Wildman–Crippen LogP) is 10.5. The van der Waals surface area contributed by atoms with Gasteiger partial charge in [0.05, 0.1) is 0 Å². The Labute approximate surface area is 283 Å². The number of hydrogen-bond acceptors (Lipinski definition) is 4. The summed E-state index contributed by atoms with van der Waals surface area (Å²) in [7, 11) is 2.10. The van der Waals surface area contributed by atoms with Crippen LogP contribution in [0.25, 0.3) is 5.57 Å². The van der Waals surface area contributed by atoms with E-state index in [1.54, 1.807) is 0 Å². The molecule has 1 saturated heterocycles. The molecule has 0 amide bonds. The van der Waals surface area contributed by atoms with E-state index < -0.39 is 0 Å². The average Bonchev–Trinajstić information content (AvgIpc) is 3.49. The molecular weight excluding hydrogens is 576 g/mol. The molecule has 0 bridgehead atoms. The minimum Gasteiger partial charge on any atom is -0.456 e. The van der Waals surface area contributed by atoms with Crippen LogP contribution in [0.1, 0.15) is 88.1 Å². The van der Waals surface area contributed by atoms with Gasteiger partial charge in [-0.2, -0.15) is 0 Å². The number of allylic oxidation sites excluding steroid dienone is 6. The van der Waals surface area contributed by atoms with Gasteiger partial charge in [0.2, 0.25) is 0 Å². The van der Waals surface area contributed by atoms with Crippen LogP contribution in [0.15, 0.2) is 101 Å². The Hall–Kier alpha value is -3.98. The van der Waals surface area contributed by atoms with Crippen LogP contribution in [-0.4, -0.2) is 31.2 Å². The van der Waals surface area contributed by atoms with Crippen molar-refractivity contribution < 1.29 is 9.47 Å². The molecule has 248 valence electrons. The second-order valence-electron chi connectivity index (χ2n) is 14.5. The van der Waals surface area contributed by atoms with Gasteiger partial charge in [-0.1, -0.05) is 56.8 Å². The van der Waals surface area contributed by atoms with E-state index in [0.29, 0.717) is 12.0 Å². The Kier molecular flexibility index (Phi) is 10.2. The molecule has 0 spiro atoms. The minimum absolute atomic E-state index is 0.110. The fraction of sp³-hybridized carbons (Fsp3) is 0.419. The maximum atomic E-state index is 6.89. The van der Waals surface area contributed by atoms with Crippen molar-refractivity contribution in [2.24, 2.45) is 5.92 Å². The first-order chi connectivity index (χ1) is 22.3. The second-order valence-corrected chi connectivity index (χ2v) is 14.5. The van der Waals surface area contributed by atoms with Gasteiger partial charge in [0, 0.05) is 67.0 Å². The van der Waals surface area contributed by atoms with E-state index in [1.807, 2.05) is 0 Å². The summed E-state index contributed by atoms with van der Waals surface area (Å²) < 4.78 is 12.5. The molecule has 0 saturated carbocycles. The van der Waals surface area contributed by atoms with Gasteiger partial charge in [-0.05, 0) is 124 Å². The first kappa shape index (κ1) is 34.4. The molecule has 5 rings (SSSR count). The molecule has 2 aromatic carbocycles. The lowest BCUT2D eigenvalue weighted by atomic mass is 9.78. The molecule has 2 aliphatic heterocycles. The molecule has 47 heavy (non-hydrogen) atoms. The molecule has 0 radical (unpaired) electrons. The van der Waals surface area contributed by atoms with E-state index in [9.17, 15) is 0 Å². The summed E-state index contributed by atoms with van der Waals surface area (Å²) in [5.74, 6) is 2.39. The highest BCUT2D eigenvalue weighted by atomic mass is 16.5. The number of ether oxygens (including phenoxy) is 2. The Balaban J connectivity index is 1.56. The van der Waals surface area contributed by atoms with Gasteiger partial charge in [-0.15, -0.1) is 5.73 Å². The second kappa shape index (κ2) is 14.0. The lowest BCUT2D eigenvalue weighted by Gasteiger charge is -2.31. The van der Waals surface area contributed by atoms with Crippen LogP contribution in [0.4, 0.5) is 0 Å². The summed E-state index contributed by atoms with van der Waals surface area (Å²) in [6.45, 7) is 27.7. The minimum atomic E-state index is -0.110. The van der Waals surface area contributed by atoms with Gasteiger partial charge < -0.3 is 19.7 Å². The summed E-state index contributed by atoms with van der Waals surface area (Å²) >= 11 is 0. The Morgan fingerprint density at radius 2 is 1.83 bits per heavy atom. The zero-order chi connectivity index (χ0) is 34.0. The zero-order valence-electron chi connectivity index (χ0n) is 30.2. The number of benzene rings is 2. The largest absolute Gasteiger partial charge is 0.456 e. The zero-order valence-corrected chi connectivity index (χ0v) is 30.2. The third-order valence-electron chi connectivity index (χ3n) is 10.3. The molecule has 2 heterocycles. The van der Waals surface area contributed by atoms with E-state index in [4.69, 9.17) is 9.47 Å². The fourth-order valence-corrected chi connectivity index (χ4v) is 7.50. The van der Waals surface area contributed by atoms with Gasteiger partial charge in [-0.3, -0.25) is 0 Å². The van der Waals surface area contributed by atoms with E-state index >= 15 is 0 Å². The predicted molar refractivity (Wildman–Crippen MR) is 198 cm³/mol. The highest BCUT2D eigenvalue weighted by Gasteiger charge is 2.32. The highest BCUT2D eigenvalue weighted by Crippen LogP contribution is 2.48. The van der Waals surface area contributed by atoms with E-state index in [0.717, 1.165) is 78.4 Å². The quantitative estimate of drug-likeness (QED) is 0.265. The summed E-state index contributed by atoms with van der Waals surface area (Å²) in [6, 6.07) is 11.5. The number of nitrogens with zero attached hydrogens (tertiary/aromatic N) is 1. The van der Waals surface area contributed by atoms with E-state index in [-0.39, 0.29) is 5.41 Å². The van der Waals surface area contributed by atoms with Crippen LogP contribution in [-0.2, 0) is 10.2 Å². The third-order valence-corrected chi connectivity index (χ3v) is 10.3. The fourth-order valence-electron chi connectivity index (χ4n) is 7.50. The maximum absolute atomic E-state index is 6.89. The van der Waals surface area contributed by atoms with Crippen LogP contribution in [0, 0.1) is 26.7 Å². The van der Waals surface area contributed by atoms with Crippen molar-refractivity contribution in [1.82, 2.24) is 10.2 Å². The summed E-state index contributed by atoms with van der Waals surface area (Å²) in [6.07, 6.45) is 10.7. The highest BCUT2D eigenvalue weighted by molar-refractivity contribution is 5.88. The van der Waals surface area contributed by atoms with Gasteiger partial charge in [0.15, 0.2) is 0 Å². The summed E-state index contributed by atoms with van der Waals surface area (Å²) in [5.41, 5.74) is 17.2. The van der Waals surface area contributed by atoms with Crippen molar-refractivity contribution in [3.05, 3.63) is 129 Å². The third kappa shape index (κ3) is 7.30. The van der Waals surface area contributed by atoms with Crippen LogP contribution in [0.2, 0.25) is 0 Å². The Morgan fingerprint density at radius 3 is 2.47 bits per heavy atom. The molecule has 3 aliphatic rings.